The summed E-state index contributed by atoms with van der Waals surface area (Å²) >= 11 is 7.70. The molecule has 1 heterocycles. The van der Waals surface area contributed by atoms with E-state index in [1.165, 1.54) is 29.1 Å². The number of nitro groups is 1. The summed E-state index contributed by atoms with van der Waals surface area (Å²) in [5.74, 6) is 0. The Labute approximate surface area is 126 Å². The number of hydrogen-bond acceptors (Lipinski definition) is 4. The summed E-state index contributed by atoms with van der Waals surface area (Å²) in [6.45, 7) is 0.0310. The van der Waals surface area contributed by atoms with Gasteiger partial charge in [0.1, 0.15) is 0 Å². The Kier molecular flexibility index (Phi) is 4.15. The molecule has 0 aliphatic heterocycles. The van der Waals surface area contributed by atoms with Crippen molar-refractivity contribution < 1.29 is 4.92 Å². The molecule has 0 aliphatic carbocycles. The lowest BCUT2D eigenvalue weighted by Gasteiger charge is -2.05. The van der Waals surface area contributed by atoms with Gasteiger partial charge < -0.3 is 0 Å². The standard InChI is InChI=1S/C11H7ClIN3O3/c12-8-2-1-7(10(3-8)16(18)19)6-15-11(17)4-9(13)5-14-15/h1-5H,6H2. The van der Waals surface area contributed by atoms with Gasteiger partial charge in [0.15, 0.2) is 0 Å². The van der Waals surface area contributed by atoms with Crippen molar-refractivity contribution >= 4 is 39.9 Å². The van der Waals surface area contributed by atoms with Gasteiger partial charge in [0.2, 0.25) is 0 Å². The fraction of sp³-hybridized carbons (Fsp3) is 0.0909. The van der Waals surface area contributed by atoms with Crippen LogP contribution >= 0.6 is 34.2 Å². The van der Waals surface area contributed by atoms with Gasteiger partial charge in [-0.25, -0.2) is 4.68 Å². The lowest BCUT2D eigenvalue weighted by atomic mass is 10.2. The van der Waals surface area contributed by atoms with Gasteiger partial charge in [0, 0.05) is 20.7 Å². The van der Waals surface area contributed by atoms with Crippen LogP contribution in [0.4, 0.5) is 5.69 Å². The lowest BCUT2D eigenvalue weighted by molar-refractivity contribution is -0.385. The third-order valence-electron chi connectivity index (χ3n) is 2.40. The van der Waals surface area contributed by atoms with E-state index in [-0.39, 0.29) is 22.8 Å². The van der Waals surface area contributed by atoms with Crippen molar-refractivity contribution in [1.82, 2.24) is 9.78 Å². The second-order valence-corrected chi connectivity index (χ2v) is 5.38. The molecule has 0 N–H and O–H groups in total. The van der Waals surface area contributed by atoms with Gasteiger partial charge >= 0.3 is 0 Å². The fourth-order valence-corrected chi connectivity index (χ4v) is 2.09. The smallest absolute Gasteiger partial charge is 0.268 e. The maximum atomic E-state index is 11.7. The second-order valence-electron chi connectivity index (χ2n) is 3.70. The first kappa shape index (κ1) is 13.9. The summed E-state index contributed by atoms with van der Waals surface area (Å²) in [5, 5.41) is 15.2. The summed E-state index contributed by atoms with van der Waals surface area (Å²) in [5.41, 5.74) is -0.0545. The summed E-state index contributed by atoms with van der Waals surface area (Å²) < 4.78 is 1.88. The first-order valence-corrected chi connectivity index (χ1v) is 6.58. The van der Waals surface area contributed by atoms with Crippen molar-refractivity contribution in [2.45, 2.75) is 6.54 Å². The highest BCUT2D eigenvalue weighted by Crippen LogP contribution is 2.23. The van der Waals surface area contributed by atoms with Crippen molar-refractivity contribution in [2.75, 3.05) is 0 Å². The topological polar surface area (TPSA) is 78.0 Å². The molecular weight excluding hydrogens is 384 g/mol. The minimum Gasteiger partial charge on any atom is -0.268 e. The van der Waals surface area contributed by atoms with Crippen molar-refractivity contribution in [1.29, 1.82) is 0 Å². The monoisotopic (exact) mass is 391 g/mol. The van der Waals surface area contributed by atoms with Gasteiger partial charge in [0.25, 0.3) is 11.2 Å². The number of halogens is 2. The molecule has 0 amide bonds. The van der Waals surface area contributed by atoms with Crippen LogP contribution in [0, 0.1) is 13.7 Å². The minimum atomic E-state index is -0.529. The van der Waals surface area contributed by atoms with Gasteiger partial charge in [-0.2, -0.15) is 5.10 Å². The predicted molar refractivity (Wildman–Crippen MR) is 78.4 cm³/mol. The maximum absolute atomic E-state index is 11.7. The molecule has 2 rings (SSSR count). The number of hydrogen-bond donors (Lipinski definition) is 0. The molecule has 0 radical (unpaired) electrons. The van der Waals surface area contributed by atoms with E-state index in [1.54, 1.807) is 6.07 Å². The average molecular weight is 392 g/mol. The van der Waals surface area contributed by atoms with E-state index in [4.69, 9.17) is 11.6 Å². The Morgan fingerprint density at radius 1 is 1.42 bits per heavy atom. The van der Waals surface area contributed by atoms with Crippen molar-refractivity contribution in [3.8, 4) is 0 Å². The van der Waals surface area contributed by atoms with Gasteiger partial charge in [-0.15, -0.1) is 0 Å². The van der Waals surface area contributed by atoms with E-state index >= 15 is 0 Å². The van der Waals surface area contributed by atoms with E-state index < -0.39 is 4.92 Å². The molecular formula is C11H7ClIN3O3. The third kappa shape index (κ3) is 3.29. The first-order valence-electron chi connectivity index (χ1n) is 5.13. The van der Waals surface area contributed by atoms with E-state index in [0.29, 0.717) is 9.13 Å². The molecule has 0 spiro atoms. The highest BCUT2D eigenvalue weighted by Gasteiger charge is 2.15. The zero-order chi connectivity index (χ0) is 14.0. The number of rotatable bonds is 3. The molecule has 2 aromatic rings. The summed E-state index contributed by atoms with van der Waals surface area (Å²) in [4.78, 5) is 22.1. The predicted octanol–water partition coefficient (Wildman–Crippen LogP) is 2.46. The van der Waals surface area contributed by atoms with Crippen LogP contribution in [0.25, 0.3) is 0 Å². The second kappa shape index (κ2) is 5.66. The van der Waals surface area contributed by atoms with Crippen molar-refractivity contribution in [3.63, 3.8) is 0 Å². The molecule has 6 nitrogen and oxygen atoms in total. The van der Waals surface area contributed by atoms with Crippen LogP contribution in [0.3, 0.4) is 0 Å². The normalized spacial score (nSPS) is 10.4. The SMILES string of the molecule is O=c1cc(I)cnn1Cc1ccc(Cl)cc1[N+](=O)[O-]. The van der Waals surface area contributed by atoms with E-state index in [9.17, 15) is 14.9 Å². The number of benzene rings is 1. The molecule has 0 saturated carbocycles. The van der Waals surface area contributed by atoms with Crippen LogP contribution in [0.1, 0.15) is 5.56 Å². The van der Waals surface area contributed by atoms with Gasteiger partial charge in [-0.3, -0.25) is 14.9 Å². The molecule has 98 valence electrons. The fourth-order valence-electron chi connectivity index (χ4n) is 1.53. The molecule has 0 fully saturated rings. The molecule has 0 aliphatic rings. The van der Waals surface area contributed by atoms with Gasteiger partial charge in [0.05, 0.1) is 23.2 Å². The Morgan fingerprint density at radius 2 is 2.16 bits per heavy atom. The summed E-state index contributed by atoms with van der Waals surface area (Å²) in [6.07, 6.45) is 1.52. The van der Waals surface area contributed by atoms with E-state index in [0.717, 1.165) is 0 Å². The van der Waals surface area contributed by atoms with Crippen LogP contribution < -0.4 is 5.56 Å². The van der Waals surface area contributed by atoms with Crippen LogP contribution in [0.15, 0.2) is 35.3 Å². The summed E-state index contributed by atoms with van der Waals surface area (Å²) in [6, 6.07) is 5.73. The number of nitro benzene ring substituents is 1. The molecule has 0 bridgehead atoms. The Hall–Kier alpha value is -1.48. The molecule has 0 saturated heterocycles. The number of aromatic nitrogens is 2. The van der Waals surface area contributed by atoms with Crippen molar-refractivity contribution in [2.24, 2.45) is 0 Å². The molecule has 0 unspecified atom stereocenters. The third-order valence-corrected chi connectivity index (χ3v) is 3.23. The zero-order valence-electron chi connectivity index (χ0n) is 9.42. The van der Waals surface area contributed by atoms with Gasteiger partial charge in [-0.05, 0) is 34.7 Å². The van der Waals surface area contributed by atoms with E-state index in [2.05, 4.69) is 5.10 Å². The van der Waals surface area contributed by atoms with Crippen LogP contribution in [-0.4, -0.2) is 14.7 Å². The lowest BCUT2D eigenvalue weighted by Crippen LogP contribution is -2.23. The molecule has 0 atom stereocenters. The van der Waals surface area contributed by atoms with Crippen LogP contribution in [0.5, 0.6) is 0 Å². The molecule has 1 aromatic heterocycles. The molecule has 8 heteroatoms. The van der Waals surface area contributed by atoms with Gasteiger partial charge in [-0.1, -0.05) is 11.6 Å². The Morgan fingerprint density at radius 3 is 2.79 bits per heavy atom. The summed E-state index contributed by atoms with van der Waals surface area (Å²) in [7, 11) is 0. The quantitative estimate of drug-likeness (QED) is 0.457. The van der Waals surface area contributed by atoms with Crippen molar-refractivity contribution in [3.05, 3.63) is 65.1 Å². The molecule has 19 heavy (non-hydrogen) atoms. The zero-order valence-corrected chi connectivity index (χ0v) is 12.3. The minimum absolute atomic E-state index is 0.0310. The highest BCUT2D eigenvalue weighted by molar-refractivity contribution is 14.1. The van der Waals surface area contributed by atoms with Crippen LogP contribution in [-0.2, 0) is 6.54 Å². The maximum Gasteiger partial charge on any atom is 0.275 e. The molecule has 1 aromatic carbocycles. The largest absolute Gasteiger partial charge is 0.275 e. The Balaban J connectivity index is 2.43. The van der Waals surface area contributed by atoms with E-state index in [1.807, 2.05) is 22.6 Å². The average Bonchev–Trinajstić information content (AvgIpc) is 2.34. The first-order chi connectivity index (χ1) is 8.97. The van der Waals surface area contributed by atoms with Crippen LogP contribution in [0.2, 0.25) is 5.02 Å². The number of nitrogens with zero attached hydrogens (tertiary/aromatic N) is 3. The highest BCUT2D eigenvalue weighted by atomic mass is 127. The Bertz CT molecular complexity index is 702.